The Morgan fingerprint density at radius 2 is 1.67 bits per heavy atom. The largest absolute Gasteiger partial charge is 0.325 e. The Morgan fingerprint density at radius 1 is 1.04 bits per heavy atom. The van der Waals surface area contributed by atoms with Crippen molar-refractivity contribution in [2.24, 2.45) is 7.05 Å². The van der Waals surface area contributed by atoms with Gasteiger partial charge in [0.25, 0.3) is 5.91 Å². The molecule has 0 aliphatic carbocycles. The maximum absolute atomic E-state index is 12.9. The summed E-state index contributed by atoms with van der Waals surface area (Å²) in [6, 6.07) is 12.0. The van der Waals surface area contributed by atoms with E-state index < -0.39 is 0 Å². The van der Waals surface area contributed by atoms with Crippen LogP contribution >= 0.6 is 11.8 Å². The number of benzene rings is 2. The lowest BCUT2D eigenvalue weighted by molar-refractivity contribution is -0.113. The summed E-state index contributed by atoms with van der Waals surface area (Å²) in [5.74, 6) is -0.687. The molecule has 3 rings (SSSR count). The average Bonchev–Trinajstić information content (AvgIpc) is 3.07. The lowest BCUT2D eigenvalue weighted by atomic mass is 10.2. The summed E-state index contributed by atoms with van der Waals surface area (Å²) in [6.45, 7) is 0. The van der Waals surface area contributed by atoms with Crippen molar-refractivity contribution < 1.29 is 14.0 Å². The van der Waals surface area contributed by atoms with Gasteiger partial charge in [-0.1, -0.05) is 11.8 Å². The minimum atomic E-state index is -0.370. The SMILES string of the molecule is Cn1cnnc1SCC(=O)Nc1ccc(C(=O)Nc2ccc(F)cc2)cc1. The van der Waals surface area contributed by atoms with Crippen molar-refractivity contribution >= 4 is 35.0 Å². The van der Waals surface area contributed by atoms with E-state index in [-0.39, 0.29) is 23.4 Å². The molecular formula is C18H16FN5O2S. The van der Waals surface area contributed by atoms with Crippen molar-refractivity contribution in [2.75, 3.05) is 16.4 Å². The molecule has 7 nitrogen and oxygen atoms in total. The zero-order valence-electron chi connectivity index (χ0n) is 14.3. The average molecular weight is 385 g/mol. The summed E-state index contributed by atoms with van der Waals surface area (Å²) in [7, 11) is 1.80. The van der Waals surface area contributed by atoms with Crippen molar-refractivity contribution in [3.63, 3.8) is 0 Å². The maximum Gasteiger partial charge on any atom is 0.255 e. The molecule has 0 saturated heterocycles. The quantitative estimate of drug-likeness (QED) is 0.637. The molecule has 2 amide bonds. The number of halogens is 1. The van der Waals surface area contributed by atoms with E-state index in [2.05, 4.69) is 20.8 Å². The molecule has 0 bridgehead atoms. The van der Waals surface area contributed by atoms with Crippen LogP contribution in [-0.4, -0.2) is 32.3 Å². The van der Waals surface area contributed by atoms with Gasteiger partial charge < -0.3 is 15.2 Å². The number of nitrogens with one attached hydrogen (secondary N) is 2. The van der Waals surface area contributed by atoms with E-state index in [0.717, 1.165) is 0 Å². The number of aryl methyl sites for hydroxylation is 1. The molecular weight excluding hydrogens is 369 g/mol. The molecule has 0 saturated carbocycles. The molecule has 0 atom stereocenters. The number of hydrogen-bond donors (Lipinski definition) is 2. The molecule has 27 heavy (non-hydrogen) atoms. The smallest absolute Gasteiger partial charge is 0.255 e. The van der Waals surface area contributed by atoms with Gasteiger partial charge in [-0.25, -0.2) is 4.39 Å². The Labute approximate surface area is 159 Å². The second kappa shape index (κ2) is 8.45. The third kappa shape index (κ3) is 5.14. The minimum Gasteiger partial charge on any atom is -0.325 e. The fraction of sp³-hybridized carbons (Fsp3) is 0.111. The second-order valence-electron chi connectivity index (χ2n) is 5.60. The van der Waals surface area contributed by atoms with Gasteiger partial charge in [0.15, 0.2) is 5.16 Å². The molecule has 0 radical (unpaired) electrons. The van der Waals surface area contributed by atoms with Crippen molar-refractivity contribution in [1.82, 2.24) is 14.8 Å². The lowest BCUT2D eigenvalue weighted by Gasteiger charge is -2.07. The fourth-order valence-corrected chi connectivity index (χ4v) is 2.86. The number of carbonyl (C=O) groups is 2. The number of thioether (sulfide) groups is 1. The predicted octanol–water partition coefficient (Wildman–Crippen LogP) is 2.94. The molecule has 138 valence electrons. The highest BCUT2D eigenvalue weighted by atomic mass is 32.2. The highest BCUT2D eigenvalue weighted by molar-refractivity contribution is 7.99. The van der Waals surface area contributed by atoms with Gasteiger partial charge in [-0.3, -0.25) is 9.59 Å². The van der Waals surface area contributed by atoms with Crippen LogP contribution in [0.3, 0.4) is 0 Å². The van der Waals surface area contributed by atoms with Crippen molar-refractivity contribution in [2.45, 2.75) is 5.16 Å². The number of nitrogens with zero attached hydrogens (tertiary/aromatic N) is 3. The molecule has 0 fully saturated rings. The summed E-state index contributed by atoms with van der Waals surface area (Å²) in [5, 5.41) is 13.7. The highest BCUT2D eigenvalue weighted by Crippen LogP contribution is 2.16. The van der Waals surface area contributed by atoms with E-state index in [1.54, 1.807) is 42.2 Å². The molecule has 0 aliphatic rings. The Morgan fingerprint density at radius 3 is 2.30 bits per heavy atom. The van der Waals surface area contributed by atoms with Crippen molar-refractivity contribution in [3.8, 4) is 0 Å². The summed E-state index contributed by atoms with van der Waals surface area (Å²) < 4.78 is 14.6. The van der Waals surface area contributed by atoms with Crippen LogP contribution in [0.2, 0.25) is 0 Å². The monoisotopic (exact) mass is 385 g/mol. The van der Waals surface area contributed by atoms with E-state index in [0.29, 0.717) is 22.1 Å². The Balaban J connectivity index is 1.53. The highest BCUT2D eigenvalue weighted by Gasteiger charge is 2.09. The first kappa shape index (κ1) is 18.6. The standard InChI is InChI=1S/C18H16FN5O2S/c1-24-11-20-23-18(24)27-10-16(25)21-14-6-2-12(3-7-14)17(26)22-15-8-4-13(19)5-9-15/h2-9,11H,10H2,1H3,(H,21,25)(H,22,26). The Kier molecular flexibility index (Phi) is 5.82. The van der Waals surface area contributed by atoms with E-state index in [9.17, 15) is 14.0 Å². The predicted molar refractivity (Wildman–Crippen MR) is 101 cm³/mol. The molecule has 1 heterocycles. The van der Waals surface area contributed by atoms with Crippen molar-refractivity contribution in [3.05, 3.63) is 66.2 Å². The van der Waals surface area contributed by atoms with Gasteiger partial charge in [0.05, 0.1) is 5.75 Å². The van der Waals surface area contributed by atoms with Gasteiger partial charge in [-0.15, -0.1) is 10.2 Å². The van der Waals surface area contributed by atoms with Gasteiger partial charge in [-0.05, 0) is 48.5 Å². The summed E-state index contributed by atoms with van der Waals surface area (Å²) in [5.41, 5.74) is 1.50. The van der Waals surface area contributed by atoms with Crippen LogP contribution in [-0.2, 0) is 11.8 Å². The third-order valence-corrected chi connectivity index (χ3v) is 4.57. The minimum absolute atomic E-state index is 0.188. The molecule has 0 spiro atoms. The first-order valence-corrected chi connectivity index (χ1v) is 8.93. The number of aromatic nitrogens is 3. The second-order valence-corrected chi connectivity index (χ2v) is 6.54. The number of hydrogen-bond acceptors (Lipinski definition) is 5. The van der Waals surface area contributed by atoms with E-state index in [1.807, 2.05) is 0 Å². The normalized spacial score (nSPS) is 10.4. The van der Waals surface area contributed by atoms with Crippen LogP contribution in [0.15, 0.2) is 60.0 Å². The van der Waals surface area contributed by atoms with Crippen LogP contribution < -0.4 is 10.6 Å². The van der Waals surface area contributed by atoms with Gasteiger partial charge in [0.2, 0.25) is 5.91 Å². The Hall–Kier alpha value is -3.20. The van der Waals surface area contributed by atoms with Gasteiger partial charge >= 0.3 is 0 Å². The molecule has 9 heteroatoms. The van der Waals surface area contributed by atoms with Crippen LogP contribution in [0.4, 0.5) is 15.8 Å². The number of rotatable bonds is 6. The molecule has 3 aromatic rings. The third-order valence-electron chi connectivity index (χ3n) is 3.54. The van der Waals surface area contributed by atoms with Crippen LogP contribution in [0, 0.1) is 5.82 Å². The molecule has 0 unspecified atom stereocenters. The number of carbonyl (C=O) groups excluding carboxylic acids is 2. The van der Waals surface area contributed by atoms with Crippen LogP contribution in [0.25, 0.3) is 0 Å². The fourth-order valence-electron chi connectivity index (χ4n) is 2.17. The number of anilines is 2. The topological polar surface area (TPSA) is 88.9 Å². The van der Waals surface area contributed by atoms with Gasteiger partial charge in [0.1, 0.15) is 12.1 Å². The van der Waals surface area contributed by atoms with E-state index in [4.69, 9.17) is 0 Å². The maximum atomic E-state index is 12.9. The number of amides is 2. The summed E-state index contributed by atoms with van der Waals surface area (Å²) >= 11 is 1.28. The van der Waals surface area contributed by atoms with Crippen LogP contribution in [0.1, 0.15) is 10.4 Å². The van der Waals surface area contributed by atoms with Crippen LogP contribution in [0.5, 0.6) is 0 Å². The van der Waals surface area contributed by atoms with E-state index in [1.165, 1.54) is 36.0 Å². The Bertz CT molecular complexity index is 941. The molecule has 2 aromatic carbocycles. The zero-order valence-corrected chi connectivity index (χ0v) is 15.2. The van der Waals surface area contributed by atoms with Gasteiger partial charge in [-0.2, -0.15) is 0 Å². The molecule has 1 aromatic heterocycles. The van der Waals surface area contributed by atoms with Crippen molar-refractivity contribution in [1.29, 1.82) is 0 Å². The van der Waals surface area contributed by atoms with Gasteiger partial charge in [0, 0.05) is 24.0 Å². The summed E-state index contributed by atoms with van der Waals surface area (Å²) in [6.07, 6.45) is 1.57. The first-order valence-electron chi connectivity index (χ1n) is 7.95. The zero-order chi connectivity index (χ0) is 19.2. The summed E-state index contributed by atoms with van der Waals surface area (Å²) in [4.78, 5) is 24.2. The lowest BCUT2D eigenvalue weighted by Crippen LogP contribution is -2.15. The molecule has 2 N–H and O–H groups in total. The van der Waals surface area contributed by atoms with E-state index >= 15 is 0 Å². The first-order chi connectivity index (χ1) is 13.0. The molecule has 0 aliphatic heterocycles.